The molecular formula is C51H29N5O2. The predicted octanol–water partition coefficient (Wildman–Crippen LogP) is 13.2. The van der Waals surface area contributed by atoms with E-state index in [0.29, 0.717) is 17.6 Å². The minimum atomic E-state index is 0.516. The van der Waals surface area contributed by atoms with Crippen LogP contribution in [-0.2, 0) is 0 Å². The van der Waals surface area contributed by atoms with Crippen LogP contribution in [0.3, 0.4) is 0 Å². The maximum atomic E-state index is 6.35. The van der Waals surface area contributed by atoms with E-state index >= 15 is 0 Å². The lowest BCUT2D eigenvalue weighted by Crippen LogP contribution is -2.06. The number of rotatable bonds is 4. The van der Waals surface area contributed by atoms with Crippen molar-refractivity contribution in [3.05, 3.63) is 176 Å². The van der Waals surface area contributed by atoms with Crippen LogP contribution in [0.4, 0.5) is 0 Å². The largest absolute Gasteiger partial charge is 0.456 e. The molecule has 0 amide bonds. The molecule has 270 valence electrons. The number of benzene rings is 8. The molecule has 0 aliphatic rings. The van der Waals surface area contributed by atoms with Crippen molar-refractivity contribution >= 4 is 87.5 Å². The second kappa shape index (κ2) is 11.7. The zero-order chi connectivity index (χ0) is 37.9. The van der Waals surface area contributed by atoms with Crippen LogP contribution < -0.4 is 0 Å². The average Bonchev–Trinajstić information content (AvgIpc) is 4.03. The van der Waals surface area contributed by atoms with E-state index in [9.17, 15) is 0 Å². The number of nitrogens with zero attached hydrogens (tertiary/aromatic N) is 5. The summed E-state index contributed by atoms with van der Waals surface area (Å²) in [5, 5.41) is 8.86. The van der Waals surface area contributed by atoms with Crippen LogP contribution in [0.1, 0.15) is 0 Å². The van der Waals surface area contributed by atoms with Crippen LogP contribution in [0.2, 0.25) is 0 Å². The van der Waals surface area contributed by atoms with Gasteiger partial charge in [0.2, 0.25) is 5.95 Å². The number of fused-ring (bicyclic) bond motifs is 13. The lowest BCUT2D eigenvalue weighted by molar-refractivity contribution is 0.668. The van der Waals surface area contributed by atoms with Crippen LogP contribution in [0.25, 0.3) is 122 Å². The van der Waals surface area contributed by atoms with Gasteiger partial charge in [0.15, 0.2) is 11.6 Å². The topological polar surface area (TPSA) is 74.8 Å². The van der Waals surface area contributed by atoms with E-state index in [0.717, 1.165) is 93.5 Å². The molecule has 13 aromatic rings. The first kappa shape index (κ1) is 31.2. The Balaban J connectivity index is 1.11. The lowest BCUT2D eigenvalue weighted by Gasteiger charge is -2.11. The molecule has 58 heavy (non-hydrogen) atoms. The van der Waals surface area contributed by atoms with Crippen LogP contribution in [0.15, 0.2) is 185 Å². The Hall–Kier alpha value is -8.03. The van der Waals surface area contributed by atoms with E-state index in [-0.39, 0.29) is 0 Å². The molecule has 0 atom stereocenters. The van der Waals surface area contributed by atoms with Crippen molar-refractivity contribution in [1.82, 2.24) is 24.1 Å². The van der Waals surface area contributed by atoms with E-state index in [1.165, 1.54) is 10.8 Å². The molecule has 0 N–H and O–H groups in total. The molecule has 0 fully saturated rings. The van der Waals surface area contributed by atoms with Gasteiger partial charge in [-0.25, -0.2) is 4.98 Å². The first-order chi connectivity index (χ1) is 28.7. The summed E-state index contributed by atoms with van der Waals surface area (Å²) in [5.41, 5.74) is 10.3. The standard InChI is InChI=1S/C51H29N5O2/c1-2-12-32(13-3-1)55-40-18-8-4-14-33(40)38-26-27-42-47(48(38)55)39-17-5-9-19-41(39)56(42)51-53-49(30-22-24-36-34-15-6-10-20-43(34)57-45(36)28-30)52-50(54-51)31-23-25-37-35-16-7-11-21-44(35)58-46(37)29-31/h1-29H. The molecule has 8 aromatic carbocycles. The molecule has 7 heteroatoms. The fraction of sp³-hybridized carbons (Fsp3) is 0. The molecule has 5 aromatic heterocycles. The Bertz CT molecular complexity index is 3680. The normalized spacial score (nSPS) is 12.1. The molecule has 0 unspecified atom stereocenters. The highest BCUT2D eigenvalue weighted by molar-refractivity contribution is 6.26. The molecular weight excluding hydrogens is 715 g/mol. The maximum absolute atomic E-state index is 6.35. The molecule has 0 radical (unpaired) electrons. The van der Waals surface area contributed by atoms with Crippen LogP contribution in [0, 0.1) is 0 Å². The Morgan fingerprint density at radius 3 is 1.48 bits per heavy atom. The first-order valence-electron chi connectivity index (χ1n) is 19.4. The summed E-state index contributed by atoms with van der Waals surface area (Å²) in [4.78, 5) is 15.8. The minimum absolute atomic E-state index is 0.516. The third kappa shape index (κ3) is 4.41. The highest BCUT2D eigenvalue weighted by atomic mass is 16.3. The van der Waals surface area contributed by atoms with Crippen LogP contribution in [0.5, 0.6) is 0 Å². The van der Waals surface area contributed by atoms with Gasteiger partial charge in [0, 0.05) is 59.9 Å². The van der Waals surface area contributed by atoms with Crippen molar-refractivity contribution in [3.63, 3.8) is 0 Å². The quantitative estimate of drug-likeness (QED) is 0.179. The van der Waals surface area contributed by atoms with Crippen molar-refractivity contribution < 1.29 is 8.83 Å². The van der Waals surface area contributed by atoms with E-state index in [2.05, 4.69) is 137 Å². The molecule has 0 aliphatic carbocycles. The van der Waals surface area contributed by atoms with Gasteiger partial charge in [-0.2, -0.15) is 9.97 Å². The van der Waals surface area contributed by atoms with Gasteiger partial charge in [0.25, 0.3) is 0 Å². The van der Waals surface area contributed by atoms with Crippen molar-refractivity contribution in [2.75, 3.05) is 0 Å². The first-order valence-corrected chi connectivity index (χ1v) is 19.4. The molecule has 0 spiro atoms. The van der Waals surface area contributed by atoms with Gasteiger partial charge < -0.3 is 13.4 Å². The summed E-state index contributed by atoms with van der Waals surface area (Å²) >= 11 is 0. The van der Waals surface area contributed by atoms with Crippen molar-refractivity contribution in [3.8, 4) is 34.4 Å². The van der Waals surface area contributed by atoms with Gasteiger partial charge in [-0.3, -0.25) is 4.57 Å². The van der Waals surface area contributed by atoms with Crippen molar-refractivity contribution in [2.45, 2.75) is 0 Å². The predicted molar refractivity (Wildman–Crippen MR) is 234 cm³/mol. The van der Waals surface area contributed by atoms with Gasteiger partial charge in [-0.05, 0) is 66.7 Å². The molecule has 7 nitrogen and oxygen atoms in total. The summed E-state index contributed by atoms with van der Waals surface area (Å²) in [6.07, 6.45) is 0. The summed E-state index contributed by atoms with van der Waals surface area (Å²) in [6, 6.07) is 60.9. The summed E-state index contributed by atoms with van der Waals surface area (Å²) in [5.74, 6) is 1.59. The Kier molecular flexibility index (Phi) is 6.32. The number of hydrogen-bond acceptors (Lipinski definition) is 5. The molecule has 0 aliphatic heterocycles. The highest BCUT2D eigenvalue weighted by Gasteiger charge is 2.23. The Morgan fingerprint density at radius 2 is 0.845 bits per heavy atom. The number of hydrogen-bond donors (Lipinski definition) is 0. The highest BCUT2D eigenvalue weighted by Crippen LogP contribution is 2.42. The fourth-order valence-corrected chi connectivity index (χ4v) is 9.02. The van der Waals surface area contributed by atoms with E-state index in [1.807, 2.05) is 48.5 Å². The summed E-state index contributed by atoms with van der Waals surface area (Å²) in [6.45, 7) is 0. The van der Waals surface area contributed by atoms with Crippen LogP contribution in [-0.4, -0.2) is 24.1 Å². The fourth-order valence-electron chi connectivity index (χ4n) is 9.02. The molecule has 0 bridgehead atoms. The lowest BCUT2D eigenvalue weighted by atomic mass is 10.1. The van der Waals surface area contributed by atoms with Gasteiger partial charge in [0.1, 0.15) is 22.3 Å². The van der Waals surface area contributed by atoms with Crippen LogP contribution >= 0.6 is 0 Å². The molecule has 0 saturated heterocycles. The van der Waals surface area contributed by atoms with E-state index < -0.39 is 0 Å². The van der Waals surface area contributed by atoms with Gasteiger partial charge in [-0.15, -0.1) is 0 Å². The van der Waals surface area contributed by atoms with E-state index in [1.54, 1.807) is 0 Å². The smallest absolute Gasteiger partial charge is 0.238 e. The molecule has 13 rings (SSSR count). The van der Waals surface area contributed by atoms with Gasteiger partial charge >= 0.3 is 0 Å². The van der Waals surface area contributed by atoms with Crippen molar-refractivity contribution in [1.29, 1.82) is 0 Å². The SMILES string of the molecule is c1ccc(-n2c3ccccc3c3ccc4c(c5ccccc5n4-c4nc(-c5ccc6c(c5)oc5ccccc56)nc(-c5ccc6c(c5)oc5ccccc56)n4)c32)cc1. The second-order valence-corrected chi connectivity index (χ2v) is 14.8. The van der Waals surface area contributed by atoms with E-state index in [4.69, 9.17) is 23.8 Å². The summed E-state index contributed by atoms with van der Waals surface area (Å²) < 4.78 is 17.3. The Labute approximate surface area is 329 Å². The minimum Gasteiger partial charge on any atom is -0.456 e. The van der Waals surface area contributed by atoms with Gasteiger partial charge in [0.05, 0.1) is 22.1 Å². The zero-order valence-electron chi connectivity index (χ0n) is 30.8. The maximum Gasteiger partial charge on any atom is 0.238 e. The third-order valence-electron chi connectivity index (χ3n) is 11.6. The number of para-hydroxylation sites is 5. The van der Waals surface area contributed by atoms with Gasteiger partial charge in [-0.1, -0.05) is 109 Å². The summed E-state index contributed by atoms with van der Waals surface area (Å²) in [7, 11) is 0. The van der Waals surface area contributed by atoms with Crippen molar-refractivity contribution in [2.24, 2.45) is 0 Å². The number of furan rings is 2. The molecule has 0 saturated carbocycles. The second-order valence-electron chi connectivity index (χ2n) is 14.8. The molecule has 5 heterocycles. The Morgan fingerprint density at radius 1 is 0.345 bits per heavy atom. The zero-order valence-corrected chi connectivity index (χ0v) is 30.8. The monoisotopic (exact) mass is 743 g/mol. The number of aromatic nitrogens is 5. The third-order valence-corrected chi connectivity index (χ3v) is 11.6. The average molecular weight is 744 g/mol.